The summed E-state index contributed by atoms with van der Waals surface area (Å²) in [6, 6.07) is 3.47. The topological polar surface area (TPSA) is 129 Å². The van der Waals surface area contributed by atoms with Crippen LogP contribution in [0.3, 0.4) is 0 Å². The van der Waals surface area contributed by atoms with Gasteiger partial charge >= 0.3 is 6.61 Å². The van der Waals surface area contributed by atoms with E-state index in [0.29, 0.717) is 12.0 Å². The Labute approximate surface area is 160 Å². The summed E-state index contributed by atoms with van der Waals surface area (Å²) in [5.41, 5.74) is 6.09. The van der Waals surface area contributed by atoms with Gasteiger partial charge in [0, 0.05) is 11.6 Å². The van der Waals surface area contributed by atoms with Gasteiger partial charge in [-0.3, -0.25) is 4.79 Å². The lowest BCUT2D eigenvalue weighted by atomic mass is 10.2. The molecule has 1 fully saturated rings. The number of hydrogen-bond acceptors (Lipinski definition) is 7. The molecular weight excluding hydrogens is 400 g/mol. The van der Waals surface area contributed by atoms with Crippen molar-refractivity contribution >= 4 is 21.6 Å². The van der Waals surface area contributed by atoms with E-state index in [4.69, 9.17) is 15.3 Å². The second-order valence-electron chi connectivity index (χ2n) is 6.08. The number of oxime groups is 1. The second-order valence-corrected chi connectivity index (χ2v) is 8.31. The fraction of sp³-hybridized carbons (Fsp3) is 0.500. The number of carbonyl (C=O) groups is 1. The van der Waals surface area contributed by atoms with Gasteiger partial charge in [-0.1, -0.05) is 5.16 Å². The number of nitrogens with zero attached hydrogens (tertiary/aromatic N) is 1. The summed E-state index contributed by atoms with van der Waals surface area (Å²) in [6.07, 6.45) is -0.677. The molecule has 0 radical (unpaired) electrons. The molecule has 2 atom stereocenters. The van der Waals surface area contributed by atoms with E-state index in [1.807, 2.05) is 0 Å². The standard InChI is InChI=1S/C16H21F2N3O6S/c1-9(15(22)20-11-5-6-28(23,24)8-11)27-21-14(19)10-3-4-12(26-16(17)18)13(7-10)25-2/h3-4,7,9,11,16H,5-6,8H2,1-2H3,(H2,19,21)(H,20,22). The molecule has 0 spiro atoms. The molecule has 1 aliphatic heterocycles. The summed E-state index contributed by atoms with van der Waals surface area (Å²) < 4.78 is 56.8. The van der Waals surface area contributed by atoms with Crippen molar-refractivity contribution in [3.8, 4) is 11.5 Å². The fourth-order valence-electron chi connectivity index (χ4n) is 2.48. The number of sulfone groups is 1. The van der Waals surface area contributed by atoms with Crippen molar-refractivity contribution < 1.29 is 36.3 Å². The van der Waals surface area contributed by atoms with E-state index in [1.54, 1.807) is 0 Å². The van der Waals surface area contributed by atoms with Crippen LogP contribution in [-0.2, 0) is 19.5 Å². The summed E-state index contributed by atoms with van der Waals surface area (Å²) in [4.78, 5) is 17.1. The maximum absolute atomic E-state index is 12.4. The average molecular weight is 421 g/mol. The molecule has 2 rings (SSSR count). The van der Waals surface area contributed by atoms with Gasteiger partial charge in [-0.05, 0) is 31.5 Å². The summed E-state index contributed by atoms with van der Waals surface area (Å²) >= 11 is 0. The Kier molecular flexibility index (Phi) is 7.00. The number of amides is 1. The number of nitrogens with one attached hydrogen (secondary N) is 1. The maximum atomic E-state index is 12.4. The first kappa shape index (κ1) is 21.7. The minimum atomic E-state index is -3.12. The maximum Gasteiger partial charge on any atom is 0.387 e. The first-order valence-electron chi connectivity index (χ1n) is 8.24. The van der Waals surface area contributed by atoms with Crippen LogP contribution in [0.5, 0.6) is 11.5 Å². The fourth-order valence-corrected chi connectivity index (χ4v) is 4.16. The normalized spacial score (nSPS) is 19.9. The third-order valence-electron chi connectivity index (χ3n) is 3.93. The smallest absolute Gasteiger partial charge is 0.387 e. The molecule has 12 heteroatoms. The highest BCUT2D eigenvalue weighted by Gasteiger charge is 2.30. The number of nitrogens with two attached hydrogens (primary N) is 1. The SMILES string of the molecule is COc1cc(/C(N)=N/OC(C)C(=O)NC2CCS(=O)(=O)C2)ccc1OC(F)F. The third-order valence-corrected chi connectivity index (χ3v) is 5.70. The van der Waals surface area contributed by atoms with Crippen LogP contribution < -0.4 is 20.5 Å². The van der Waals surface area contributed by atoms with Crippen molar-refractivity contribution in [2.24, 2.45) is 10.9 Å². The van der Waals surface area contributed by atoms with E-state index in [2.05, 4.69) is 15.2 Å². The van der Waals surface area contributed by atoms with Crippen LogP contribution in [0, 0.1) is 0 Å². The Bertz CT molecular complexity index is 847. The van der Waals surface area contributed by atoms with Crippen molar-refractivity contribution in [2.75, 3.05) is 18.6 Å². The zero-order chi connectivity index (χ0) is 20.9. The van der Waals surface area contributed by atoms with Gasteiger partial charge in [0.25, 0.3) is 5.91 Å². The molecule has 0 aliphatic carbocycles. The van der Waals surface area contributed by atoms with E-state index in [1.165, 1.54) is 32.2 Å². The molecule has 156 valence electrons. The molecular formula is C16H21F2N3O6S. The van der Waals surface area contributed by atoms with Gasteiger partial charge < -0.3 is 25.4 Å². The summed E-state index contributed by atoms with van der Waals surface area (Å²) in [6.45, 7) is -1.58. The highest BCUT2D eigenvalue weighted by molar-refractivity contribution is 7.91. The van der Waals surface area contributed by atoms with E-state index in [-0.39, 0.29) is 28.8 Å². The third kappa shape index (κ3) is 5.94. The van der Waals surface area contributed by atoms with Gasteiger partial charge in [-0.15, -0.1) is 0 Å². The number of ether oxygens (including phenoxy) is 2. The predicted octanol–water partition coefficient (Wildman–Crippen LogP) is 0.625. The molecule has 0 saturated carbocycles. The predicted molar refractivity (Wildman–Crippen MR) is 96.1 cm³/mol. The van der Waals surface area contributed by atoms with E-state index < -0.39 is 34.5 Å². The molecule has 1 saturated heterocycles. The molecule has 9 nitrogen and oxygen atoms in total. The minimum absolute atomic E-state index is 0.0178. The zero-order valence-corrected chi connectivity index (χ0v) is 16.0. The monoisotopic (exact) mass is 421 g/mol. The van der Waals surface area contributed by atoms with Gasteiger partial charge in [0.05, 0.1) is 18.6 Å². The Morgan fingerprint density at radius 1 is 1.36 bits per heavy atom. The van der Waals surface area contributed by atoms with Crippen LogP contribution >= 0.6 is 0 Å². The molecule has 28 heavy (non-hydrogen) atoms. The van der Waals surface area contributed by atoms with E-state index in [0.717, 1.165) is 0 Å². The van der Waals surface area contributed by atoms with Crippen LogP contribution in [0.1, 0.15) is 18.9 Å². The van der Waals surface area contributed by atoms with Gasteiger partial charge in [0.15, 0.2) is 27.2 Å². The van der Waals surface area contributed by atoms with Crippen LogP contribution in [0.2, 0.25) is 0 Å². The quantitative estimate of drug-likeness (QED) is 0.358. The summed E-state index contributed by atoms with van der Waals surface area (Å²) in [5.74, 6) is -0.880. The van der Waals surface area contributed by atoms with Gasteiger partial charge in [-0.25, -0.2) is 8.42 Å². The zero-order valence-electron chi connectivity index (χ0n) is 15.2. The largest absolute Gasteiger partial charge is 0.493 e. The Balaban J connectivity index is 1.98. The number of alkyl halides is 2. The van der Waals surface area contributed by atoms with Crippen LogP contribution in [0.25, 0.3) is 0 Å². The molecule has 1 heterocycles. The molecule has 0 aromatic heterocycles. The first-order chi connectivity index (χ1) is 13.1. The molecule has 1 aliphatic rings. The Morgan fingerprint density at radius 2 is 2.07 bits per heavy atom. The van der Waals surface area contributed by atoms with Crippen molar-refractivity contribution in [3.05, 3.63) is 23.8 Å². The molecule has 1 aromatic rings. The van der Waals surface area contributed by atoms with Gasteiger partial charge in [-0.2, -0.15) is 8.78 Å². The Morgan fingerprint density at radius 3 is 2.64 bits per heavy atom. The highest BCUT2D eigenvalue weighted by atomic mass is 32.2. The van der Waals surface area contributed by atoms with Crippen molar-refractivity contribution in [2.45, 2.75) is 32.1 Å². The molecule has 0 bridgehead atoms. The van der Waals surface area contributed by atoms with Crippen LogP contribution in [0.15, 0.2) is 23.4 Å². The molecule has 2 unspecified atom stereocenters. The van der Waals surface area contributed by atoms with Crippen molar-refractivity contribution in [3.63, 3.8) is 0 Å². The Hall–Kier alpha value is -2.63. The number of hydrogen-bond donors (Lipinski definition) is 2. The van der Waals surface area contributed by atoms with Crippen molar-refractivity contribution in [1.29, 1.82) is 0 Å². The highest BCUT2D eigenvalue weighted by Crippen LogP contribution is 2.29. The van der Waals surface area contributed by atoms with E-state index in [9.17, 15) is 22.0 Å². The number of carbonyl (C=O) groups excluding carboxylic acids is 1. The van der Waals surface area contributed by atoms with E-state index >= 15 is 0 Å². The minimum Gasteiger partial charge on any atom is -0.493 e. The number of halogens is 2. The number of benzene rings is 1. The first-order valence-corrected chi connectivity index (χ1v) is 10.1. The summed E-state index contributed by atoms with van der Waals surface area (Å²) in [7, 11) is -1.84. The van der Waals surface area contributed by atoms with Crippen LogP contribution in [0.4, 0.5) is 8.78 Å². The number of methoxy groups -OCH3 is 1. The second kappa shape index (κ2) is 9.04. The molecule has 1 amide bonds. The lowest BCUT2D eigenvalue weighted by molar-refractivity contribution is -0.132. The molecule has 1 aromatic carbocycles. The number of amidine groups is 1. The van der Waals surface area contributed by atoms with Crippen LogP contribution in [-0.4, -0.2) is 57.5 Å². The van der Waals surface area contributed by atoms with Gasteiger partial charge in [0.2, 0.25) is 6.10 Å². The molecule has 3 N–H and O–H groups in total. The van der Waals surface area contributed by atoms with Crippen molar-refractivity contribution in [1.82, 2.24) is 5.32 Å². The van der Waals surface area contributed by atoms with Gasteiger partial charge in [0.1, 0.15) is 0 Å². The number of rotatable bonds is 8. The summed E-state index contributed by atoms with van der Waals surface area (Å²) in [5, 5.41) is 6.24. The average Bonchev–Trinajstić information content (AvgIpc) is 2.97. The lowest BCUT2D eigenvalue weighted by Gasteiger charge is -2.15. The lowest BCUT2D eigenvalue weighted by Crippen LogP contribution is -2.41.